The number of hydrogen-bond acceptors (Lipinski definition) is 2. The molecular formula is C13H10N2. The molecule has 0 saturated carbocycles. The van der Waals surface area contributed by atoms with Gasteiger partial charge in [0, 0.05) is 6.20 Å². The average Bonchev–Trinajstić information content (AvgIpc) is 2.25. The summed E-state index contributed by atoms with van der Waals surface area (Å²) in [5.41, 5.74) is 9.35. The molecule has 0 fully saturated rings. The Balaban J connectivity index is 0.000000121. The molecule has 3 rings (SSSR count). The predicted octanol–water partition coefficient (Wildman–Crippen LogP) is 2.31. The highest BCUT2D eigenvalue weighted by Gasteiger charge is 2.03. The zero-order valence-electron chi connectivity index (χ0n) is 8.14. The van der Waals surface area contributed by atoms with Gasteiger partial charge in [-0.05, 0) is 29.2 Å². The fraction of sp³-hybridized carbons (Fsp3) is 0. The number of aromatic nitrogens is 1. The lowest BCUT2D eigenvalue weighted by Crippen LogP contribution is -1.91. The maximum Gasteiger partial charge on any atom is 0.135 e. The normalized spacial score (nSPS) is 9.53. The minimum absolute atomic E-state index is 0.512. The molecule has 0 aromatic carbocycles. The van der Waals surface area contributed by atoms with Crippen molar-refractivity contribution in [3.63, 3.8) is 0 Å². The van der Waals surface area contributed by atoms with Gasteiger partial charge in [-0.15, -0.1) is 6.42 Å². The third-order valence-corrected chi connectivity index (χ3v) is 2.19. The molecule has 0 unspecified atom stereocenters. The molecular weight excluding hydrogens is 184 g/mol. The molecule has 2 aliphatic carbocycles. The Hall–Kier alpha value is -2.27. The Morgan fingerprint density at radius 1 is 1.07 bits per heavy atom. The largest absolute Gasteiger partial charge is 0.396 e. The van der Waals surface area contributed by atoms with Gasteiger partial charge in [0.1, 0.15) is 5.69 Å². The van der Waals surface area contributed by atoms with Crippen LogP contribution in [-0.4, -0.2) is 4.98 Å². The lowest BCUT2D eigenvalue weighted by Gasteiger charge is -2.10. The molecule has 2 heteroatoms. The molecule has 0 radical (unpaired) electrons. The maximum atomic E-state index is 5.43. The second-order valence-electron chi connectivity index (χ2n) is 3.16. The van der Waals surface area contributed by atoms with Crippen molar-refractivity contribution in [3.05, 3.63) is 48.3 Å². The first-order chi connectivity index (χ1) is 7.31. The third kappa shape index (κ3) is 1.82. The van der Waals surface area contributed by atoms with Gasteiger partial charge in [0.2, 0.25) is 0 Å². The van der Waals surface area contributed by atoms with Crippen LogP contribution in [0.15, 0.2) is 42.6 Å². The van der Waals surface area contributed by atoms with Gasteiger partial charge in [-0.1, -0.05) is 24.3 Å². The van der Waals surface area contributed by atoms with Crippen LogP contribution in [0.25, 0.3) is 11.1 Å². The topological polar surface area (TPSA) is 38.9 Å². The standard InChI is InChI=1S/C7H6N2.C6H4/c1-2-7-6(8)4-3-5-9-7;1-2-6-4-3-5(1)6/h1,3-5H,8H2;1-4H. The van der Waals surface area contributed by atoms with Gasteiger partial charge < -0.3 is 5.73 Å². The number of nitrogens with two attached hydrogens (primary N) is 1. The summed E-state index contributed by atoms with van der Waals surface area (Å²) < 4.78 is 0. The van der Waals surface area contributed by atoms with Gasteiger partial charge in [-0.3, -0.25) is 0 Å². The average molecular weight is 194 g/mol. The zero-order chi connectivity index (χ0) is 10.7. The molecule has 0 saturated heterocycles. The maximum absolute atomic E-state index is 5.43. The molecule has 0 atom stereocenters. The molecule has 0 bridgehead atoms. The number of anilines is 1. The number of nitrogens with zero attached hydrogens (tertiary/aromatic N) is 1. The van der Waals surface area contributed by atoms with Gasteiger partial charge in [0.05, 0.1) is 5.69 Å². The second kappa shape index (κ2) is 3.85. The van der Waals surface area contributed by atoms with Crippen LogP contribution in [0.3, 0.4) is 0 Å². The van der Waals surface area contributed by atoms with E-state index in [1.807, 2.05) is 0 Å². The van der Waals surface area contributed by atoms with Crippen molar-refractivity contribution in [2.75, 3.05) is 5.73 Å². The van der Waals surface area contributed by atoms with Crippen LogP contribution >= 0.6 is 0 Å². The summed E-state index contributed by atoms with van der Waals surface area (Å²) in [6.07, 6.45) is 6.67. The quantitative estimate of drug-likeness (QED) is 0.558. The molecule has 2 nitrogen and oxygen atoms in total. The number of rotatable bonds is 0. The Labute approximate surface area is 88.8 Å². The van der Waals surface area contributed by atoms with Crippen molar-refractivity contribution >= 4 is 5.69 Å². The van der Waals surface area contributed by atoms with E-state index in [1.165, 1.54) is 11.1 Å². The number of benzene rings is 1. The molecule has 0 aliphatic heterocycles. The van der Waals surface area contributed by atoms with Crippen LogP contribution in [0, 0.1) is 12.3 Å². The van der Waals surface area contributed by atoms with Gasteiger partial charge in [0.25, 0.3) is 0 Å². The number of pyridine rings is 1. The van der Waals surface area contributed by atoms with Crippen LogP contribution in [0.4, 0.5) is 5.69 Å². The number of hydrogen-bond donors (Lipinski definition) is 1. The highest BCUT2D eigenvalue weighted by Crippen LogP contribution is 2.29. The smallest absolute Gasteiger partial charge is 0.135 e. The molecule has 2 aliphatic rings. The van der Waals surface area contributed by atoms with E-state index in [-0.39, 0.29) is 0 Å². The van der Waals surface area contributed by atoms with Gasteiger partial charge in [0.15, 0.2) is 0 Å². The Bertz CT molecular complexity index is 486. The molecule has 1 heterocycles. The van der Waals surface area contributed by atoms with Crippen LogP contribution in [0.2, 0.25) is 0 Å². The van der Waals surface area contributed by atoms with E-state index in [1.54, 1.807) is 18.3 Å². The summed E-state index contributed by atoms with van der Waals surface area (Å²) in [5, 5.41) is 0. The number of terminal acetylenes is 1. The van der Waals surface area contributed by atoms with E-state index < -0.39 is 0 Å². The second-order valence-corrected chi connectivity index (χ2v) is 3.16. The van der Waals surface area contributed by atoms with E-state index in [9.17, 15) is 0 Å². The molecule has 72 valence electrons. The number of nitrogen functional groups attached to an aromatic ring is 1. The molecule has 15 heavy (non-hydrogen) atoms. The monoisotopic (exact) mass is 194 g/mol. The van der Waals surface area contributed by atoms with E-state index in [0.717, 1.165) is 0 Å². The van der Waals surface area contributed by atoms with Crippen LogP contribution in [0.1, 0.15) is 5.69 Å². The highest BCUT2D eigenvalue weighted by atomic mass is 14.7. The summed E-state index contributed by atoms with van der Waals surface area (Å²) in [5.74, 6) is 2.36. The molecule has 1 aromatic rings. The summed E-state index contributed by atoms with van der Waals surface area (Å²) in [6, 6.07) is 12.0. The van der Waals surface area contributed by atoms with Crippen molar-refractivity contribution in [3.8, 4) is 23.5 Å². The summed E-state index contributed by atoms with van der Waals surface area (Å²) >= 11 is 0. The van der Waals surface area contributed by atoms with Crippen LogP contribution in [0.5, 0.6) is 0 Å². The van der Waals surface area contributed by atoms with Crippen molar-refractivity contribution < 1.29 is 0 Å². The number of fused-ring (bicyclic) bond motifs is 1. The van der Waals surface area contributed by atoms with Crippen molar-refractivity contribution in [2.24, 2.45) is 0 Å². The highest BCUT2D eigenvalue weighted by molar-refractivity contribution is 5.75. The first kappa shape index (κ1) is 9.29. The van der Waals surface area contributed by atoms with E-state index in [4.69, 9.17) is 12.2 Å². The Morgan fingerprint density at radius 2 is 1.67 bits per heavy atom. The lowest BCUT2D eigenvalue weighted by atomic mass is 9.95. The Kier molecular flexibility index (Phi) is 2.38. The zero-order valence-corrected chi connectivity index (χ0v) is 8.14. The first-order valence-corrected chi connectivity index (χ1v) is 4.59. The van der Waals surface area contributed by atoms with E-state index in [0.29, 0.717) is 11.4 Å². The van der Waals surface area contributed by atoms with Crippen LogP contribution < -0.4 is 5.73 Å². The van der Waals surface area contributed by atoms with Gasteiger partial charge in [-0.2, -0.15) is 0 Å². The van der Waals surface area contributed by atoms with Gasteiger partial charge >= 0.3 is 0 Å². The third-order valence-electron chi connectivity index (χ3n) is 2.19. The fourth-order valence-corrected chi connectivity index (χ4v) is 1.20. The lowest BCUT2D eigenvalue weighted by molar-refractivity contribution is 1.29. The van der Waals surface area contributed by atoms with Crippen molar-refractivity contribution in [1.29, 1.82) is 0 Å². The Morgan fingerprint density at radius 3 is 1.93 bits per heavy atom. The summed E-state index contributed by atoms with van der Waals surface area (Å²) in [4.78, 5) is 3.84. The predicted molar refractivity (Wildman–Crippen MR) is 62.0 cm³/mol. The summed E-state index contributed by atoms with van der Waals surface area (Å²) in [6.45, 7) is 0. The van der Waals surface area contributed by atoms with Gasteiger partial charge in [-0.25, -0.2) is 4.98 Å². The molecule has 1 aromatic heterocycles. The van der Waals surface area contributed by atoms with Crippen molar-refractivity contribution in [1.82, 2.24) is 4.98 Å². The van der Waals surface area contributed by atoms with E-state index in [2.05, 4.69) is 35.2 Å². The summed E-state index contributed by atoms with van der Waals surface area (Å²) in [7, 11) is 0. The fourth-order valence-electron chi connectivity index (χ4n) is 1.20. The molecule has 0 spiro atoms. The SMILES string of the molecule is C#Cc1ncccc1N.c1cc2ccc1-2. The molecule has 2 N–H and O–H groups in total. The minimum Gasteiger partial charge on any atom is -0.396 e. The minimum atomic E-state index is 0.512. The first-order valence-electron chi connectivity index (χ1n) is 4.59. The van der Waals surface area contributed by atoms with Crippen molar-refractivity contribution in [2.45, 2.75) is 0 Å². The van der Waals surface area contributed by atoms with E-state index >= 15 is 0 Å². The molecule has 0 amide bonds. The van der Waals surface area contributed by atoms with Crippen LogP contribution in [-0.2, 0) is 0 Å².